The molecule has 0 amide bonds. The van der Waals surface area contributed by atoms with E-state index in [9.17, 15) is 22.8 Å². The predicted octanol–water partition coefficient (Wildman–Crippen LogP) is 7.60. The van der Waals surface area contributed by atoms with E-state index in [-0.39, 0.29) is 22.4 Å². The van der Waals surface area contributed by atoms with Gasteiger partial charge in [0.1, 0.15) is 12.1 Å². The van der Waals surface area contributed by atoms with Crippen LogP contribution < -0.4 is 15.6 Å². The van der Waals surface area contributed by atoms with Crippen LogP contribution in [0.3, 0.4) is 0 Å². The average Bonchev–Trinajstić information content (AvgIpc) is 3.69. The van der Waals surface area contributed by atoms with Gasteiger partial charge in [-0.3, -0.25) is 9.36 Å². The van der Waals surface area contributed by atoms with Crippen molar-refractivity contribution in [3.63, 3.8) is 0 Å². The lowest BCUT2D eigenvalue weighted by Gasteiger charge is -2.28. The van der Waals surface area contributed by atoms with Crippen molar-refractivity contribution in [3.05, 3.63) is 116 Å². The van der Waals surface area contributed by atoms with E-state index >= 15 is 8.78 Å². The number of unbranched alkanes of at least 4 members (excludes halogenated alkanes) is 1. The molecule has 0 saturated carbocycles. The number of carbonyl (C=O) groups is 1. The molecule has 0 saturated heterocycles. The molecule has 2 aliphatic rings. The molecule has 6 rings (SSSR count). The molecule has 240 valence electrons. The summed E-state index contributed by atoms with van der Waals surface area (Å²) in [6.45, 7) is 2.34. The maximum atomic E-state index is 16.0. The van der Waals surface area contributed by atoms with Crippen LogP contribution >= 0.6 is 11.8 Å². The van der Waals surface area contributed by atoms with Crippen LogP contribution in [0.25, 0.3) is 11.1 Å². The highest BCUT2D eigenvalue weighted by Gasteiger charge is 2.39. The Morgan fingerprint density at radius 3 is 2.59 bits per heavy atom. The summed E-state index contributed by atoms with van der Waals surface area (Å²) in [4.78, 5) is 25.5. The van der Waals surface area contributed by atoms with Gasteiger partial charge in [-0.15, -0.1) is 11.8 Å². The molecule has 0 bridgehead atoms. The maximum Gasteiger partial charge on any atom is 0.416 e. The smallest absolute Gasteiger partial charge is 0.416 e. The largest absolute Gasteiger partial charge is 0.490 e. The number of nitrogens with zero attached hydrogens (tertiary/aromatic N) is 1. The van der Waals surface area contributed by atoms with Gasteiger partial charge in [0.25, 0.3) is 5.56 Å². The zero-order valence-corrected chi connectivity index (χ0v) is 25.7. The normalized spacial score (nSPS) is 16.2. The van der Waals surface area contributed by atoms with Gasteiger partial charge in [0, 0.05) is 41.7 Å². The summed E-state index contributed by atoms with van der Waals surface area (Å²) in [6, 6.07) is 14.5. The Bertz CT molecular complexity index is 1840. The molecule has 1 N–H and O–H groups in total. The van der Waals surface area contributed by atoms with Crippen LogP contribution in [0.15, 0.2) is 70.5 Å². The number of nitrogens with one attached hydrogen (secondary N) is 1. The third-order valence-corrected chi connectivity index (χ3v) is 9.93. The summed E-state index contributed by atoms with van der Waals surface area (Å²) in [5.41, 5.74) is -0.0166. The molecule has 5 nitrogen and oxygen atoms in total. The van der Waals surface area contributed by atoms with Crippen LogP contribution in [-0.2, 0) is 23.8 Å². The first-order valence-corrected chi connectivity index (χ1v) is 16.0. The van der Waals surface area contributed by atoms with Crippen LogP contribution in [0.4, 0.5) is 22.0 Å². The number of aldehydes is 1. The van der Waals surface area contributed by atoms with Crippen molar-refractivity contribution in [1.29, 1.82) is 0 Å². The van der Waals surface area contributed by atoms with E-state index in [0.29, 0.717) is 54.3 Å². The topological polar surface area (TPSA) is 60.3 Å². The number of rotatable bonds is 10. The second-order valence-electron chi connectivity index (χ2n) is 11.4. The Morgan fingerprint density at radius 1 is 1.07 bits per heavy atom. The minimum absolute atomic E-state index is 0.000264. The molecule has 0 radical (unpaired) electrons. The highest BCUT2D eigenvalue weighted by molar-refractivity contribution is 7.99. The Hall–Kier alpha value is -3.96. The van der Waals surface area contributed by atoms with Gasteiger partial charge in [-0.2, -0.15) is 13.2 Å². The molecule has 0 fully saturated rings. The van der Waals surface area contributed by atoms with E-state index in [0.717, 1.165) is 30.0 Å². The number of ether oxygens (including phenoxy) is 1. The lowest BCUT2D eigenvalue weighted by Crippen LogP contribution is -2.36. The van der Waals surface area contributed by atoms with Crippen molar-refractivity contribution in [2.24, 2.45) is 0 Å². The second kappa shape index (κ2) is 13.0. The average molecular weight is 655 g/mol. The van der Waals surface area contributed by atoms with Gasteiger partial charge in [0.15, 0.2) is 11.6 Å². The SMILES string of the molecule is Cc1c(Cc2c(F)cccc2C(F)(F)F)c2n(c(=O)c1-c1ccc3c(c1F)OCC3)C(C(NCCCC=O)c1ccccc1)CS2. The first-order valence-electron chi connectivity index (χ1n) is 15.0. The minimum atomic E-state index is -4.81. The zero-order valence-electron chi connectivity index (χ0n) is 24.9. The van der Waals surface area contributed by atoms with Crippen molar-refractivity contribution in [2.45, 2.75) is 55.9 Å². The van der Waals surface area contributed by atoms with E-state index < -0.39 is 53.0 Å². The quantitative estimate of drug-likeness (QED) is 0.108. The third-order valence-electron chi connectivity index (χ3n) is 8.71. The summed E-state index contributed by atoms with van der Waals surface area (Å²) >= 11 is 1.31. The van der Waals surface area contributed by atoms with Crippen LogP contribution in [0.5, 0.6) is 5.75 Å². The second-order valence-corrected chi connectivity index (χ2v) is 12.5. The maximum absolute atomic E-state index is 16.0. The van der Waals surface area contributed by atoms with E-state index in [1.54, 1.807) is 13.0 Å². The van der Waals surface area contributed by atoms with Gasteiger partial charge in [-0.05, 0) is 48.7 Å². The molecule has 3 heterocycles. The summed E-state index contributed by atoms with van der Waals surface area (Å²) in [7, 11) is 0. The summed E-state index contributed by atoms with van der Waals surface area (Å²) in [6.07, 6.45) is -3.01. The fourth-order valence-electron chi connectivity index (χ4n) is 6.46. The fourth-order valence-corrected chi connectivity index (χ4v) is 7.89. The number of alkyl halides is 3. The molecule has 4 aromatic rings. The summed E-state index contributed by atoms with van der Waals surface area (Å²) in [5.74, 6) is -1.29. The Balaban J connectivity index is 1.58. The van der Waals surface area contributed by atoms with Crippen LogP contribution in [0, 0.1) is 18.6 Å². The number of aromatic nitrogens is 1. The van der Waals surface area contributed by atoms with E-state index in [1.165, 1.54) is 22.4 Å². The molecule has 1 aromatic heterocycles. The molecular weight excluding hydrogens is 623 g/mol. The molecule has 46 heavy (non-hydrogen) atoms. The first-order chi connectivity index (χ1) is 22.1. The molecule has 0 spiro atoms. The van der Waals surface area contributed by atoms with Crippen LogP contribution in [0.1, 0.15) is 58.3 Å². The Labute approximate surface area is 266 Å². The Morgan fingerprint density at radius 2 is 1.85 bits per heavy atom. The number of hydrogen-bond donors (Lipinski definition) is 1. The third kappa shape index (κ3) is 5.86. The molecule has 0 aliphatic carbocycles. The number of pyridine rings is 1. The van der Waals surface area contributed by atoms with Gasteiger partial charge in [0.2, 0.25) is 0 Å². The number of carbonyl (C=O) groups excluding carboxylic acids is 1. The summed E-state index contributed by atoms with van der Waals surface area (Å²) < 4.78 is 80.6. The zero-order chi connectivity index (χ0) is 32.6. The number of benzene rings is 3. The van der Waals surface area contributed by atoms with E-state index in [4.69, 9.17) is 4.74 Å². The van der Waals surface area contributed by atoms with Crippen LogP contribution in [-0.4, -0.2) is 29.8 Å². The number of thioether (sulfide) groups is 1. The van der Waals surface area contributed by atoms with Crippen LogP contribution in [0.2, 0.25) is 0 Å². The lowest BCUT2D eigenvalue weighted by molar-refractivity contribution is -0.138. The highest BCUT2D eigenvalue weighted by atomic mass is 32.2. The highest BCUT2D eigenvalue weighted by Crippen LogP contribution is 2.46. The first kappa shape index (κ1) is 32.0. The summed E-state index contributed by atoms with van der Waals surface area (Å²) in [5, 5.41) is 3.89. The molecule has 2 aliphatic heterocycles. The van der Waals surface area contributed by atoms with Crippen molar-refractivity contribution in [1.82, 2.24) is 9.88 Å². The standard InChI is InChI=1S/C35H31F5N2O3S/c1-20-24(18-25-26(35(38,39)40)10-7-11-27(25)36)34-42(33(44)29(20)23-13-12-22-14-17-45-32(22)30(23)37)28(19-46-34)31(41-15-5-6-16-43)21-8-3-2-4-9-21/h2-4,7-13,16,28,31,41H,5-6,14-15,17-19H2,1H3. The van der Waals surface area contributed by atoms with Crippen molar-refractivity contribution >= 4 is 18.0 Å². The van der Waals surface area contributed by atoms with Crippen molar-refractivity contribution in [3.8, 4) is 16.9 Å². The minimum Gasteiger partial charge on any atom is -0.490 e. The predicted molar refractivity (Wildman–Crippen MR) is 166 cm³/mol. The van der Waals surface area contributed by atoms with Gasteiger partial charge >= 0.3 is 6.18 Å². The van der Waals surface area contributed by atoms with E-state index in [1.807, 2.05) is 30.3 Å². The van der Waals surface area contributed by atoms with Gasteiger partial charge < -0.3 is 14.8 Å². The van der Waals surface area contributed by atoms with Gasteiger partial charge in [-0.25, -0.2) is 8.78 Å². The van der Waals surface area contributed by atoms with Crippen molar-refractivity contribution in [2.75, 3.05) is 18.9 Å². The molecule has 2 atom stereocenters. The van der Waals surface area contributed by atoms with Gasteiger partial charge in [0.05, 0.1) is 34.8 Å². The number of hydrogen-bond acceptors (Lipinski definition) is 5. The Kier molecular flexibility index (Phi) is 9.07. The monoisotopic (exact) mass is 654 g/mol. The lowest BCUT2D eigenvalue weighted by atomic mass is 9.91. The molecule has 11 heteroatoms. The van der Waals surface area contributed by atoms with Gasteiger partial charge in [-0.1, -0.05) is 48.5 Å². The number of fused-ring (bicyclic) bond motifs is 2. The fraction of sp³-hybridized carbons (Fsp3) is 0.314. The van der Waals surface area contributed by atoms with Crippen molar-refractivity contribution < 1.29 is 31.5 Å². The molecular formula is C35H31F5N2O3S. The number of halogens is 5. The van der Waals surface area contributed by atoms with E-state index in [2.05, 4.69) is 5.32 Å². The molecule has 3 aromatic carbocycles. The molecule has 2 unspecified atom stereocenters.